The van der Waals surface area contributed by atoms with Crippen LogP contribution in [0.1, 0.15) is 76.3 Å². The molecular formula is C20H32N4O. The summed E-state index contributed by atoms with van der Waals surface area (Å²) in [5, 5.41) is 9.49. The molecule has 25 heavy (non-hydrogen) atoms. The Morgan fingerprint density at radius 3 is 2.44 bits per heavy atom. The highest BCUT2D eigenvalue weighted by atomic mass is 16.4. The molecule has 3 rings (SSSR count). The van der Waals surface area contributed by atoms with Crippen molar-refractivity contribution in [1.29, 1.82) is 5.26 Å². The van der Waals surface area contributed by atoms with Crippen LogP contribution in [0, 0.1) is 17.2 Å². The fraction of sp³-hybridized carbons (Fsp3) is 0.800. The monoisotopic (exact) mass is 344 g/mol. The van der Waals surface area contributed by atoms with Crippen molar-refractivity contribution in [2.75, 3.05) is 37.6 Å². The molecule has 1 aromatic heterocycles. The molecule has 5 nitrogen and oxygen atoms in total. The second kappa shape index (κ2) is 8.71. The van der Waals surface area contributed by atoms with Crippen LogP contribution in [0.4, 0.5) is 5.88 Å². The zero-order chi connectivity index (χ0) is 17.6. The lowest BCUT2D eigenvalue weighted by Crippen LogP contribution is -2.46. The number of hydrogen-bond donors (Lipinski definition) is 0. The van der Waals surface area contributed by atoms with Gasteiger partial charge in [0, 0.05) is 32.1 Å². The molecule has 0 bridgehead atoms. The number of anilines is 1. The maximum absolute atomic E-state index is 9.49. The second-order valence-electron chi connectivity index (χ2n) is 7.60. The van der Waals surface area contributed by atoms with E-state index in [0.717, 1.165) is 57.4 Å². The van der Waals surface area contributed by atoms with E-state index in [2.05, 4.69) is 34.7 Å². The van der Waals surface area contributed by atoms with Gasteiger partial charge in [-0.3, -0.25) is 0 Å². The highest BCUT2D eigenvalue weighted by Crippen LogP contribution is 2.39. The SMILES string of the molecule is CCCCC1CCC(c2nc(C#N)c(N3CCN(CC)CC3)o2)CC1. The number of unbranched alkanes of at least 4 members (excludes halogenated alkanes) is 1. The molecule has 0 atom stereocenters. The Labute approximate surface area is 152 Å². The average molecular weight is 345 g/mol. The highest BCUT2D eigenvalue weighted by molar-refractivity contribution is 5.48. The Morgan fingerprint density at radius 2 is 1.84 bits per heavy atom. The molecule has 2 heterocycles. The fourth-order valence-electron chi connectivity index (χ4n) is 4.25. The van der Waals surface area contributed by atoms with E-state index in [1.165, 1.54) is 32.1 Å². The summed E-state index contributed by atoms with van der Waals surface area (Å²) in [6.45, 7) is 9.44. The van der Waals surface area contributed by atoms with E-state index >= 15 is 0 Å². The van der Waals surface area contributed by atoms with Crippen molar-refractivity contribution in [2.45, 2.75) is 64.7 Å². The Balaban J connectivity index is 1.62. The zero-order valence-electron chi connectivity index (χ0n) is 15.8. The lowest BCUT2D eigenvalue weighted by molar-refractivity contribution is 0.260. The number of piperazine rings is 1. The highest BCUT2D eigenvalue weighted by Gasteiger charge is 2.29. The maximum Gasteiger partial charge on any atom is 0.234 e. The predicted molar refractivity (Wildman–Crippen MR) is 99.8 cm³/mol. The molecule has 0 spiro atoms. The van der Waals surface area contributed by atoms with E-state index < -0.39 is 0 Å². The smallest absolute Gasteiger partial charge is 0.234 e. The molecule has 138 valence electrons. The molecule has 0 aromatic carbocycles. The van der Waals surface area contributed by atoms with Gasteiger partial charge in [0.25, 0.3) is 0 Å². The maximum atomic E-state index is 9.49. The summed E-state index contributed by atoms with van der Waals surface area (Å²) in [6, 6.07) is 2.25. The summed E-state index contributed by atoms with van der Waals surface area (Å²) >= 11 is 0. The molecule has 1 aromatic rings. The lowest BCUT2D eigenvalue weighted by Gasteiger charge is -2.33. The number of nitriles is 1. The Morgan fingerprint density at radius 1 is 1.12 bits per heavy atom. The quantitative estimate of drug-likeness (QED) is 0.776. The van der Waals surface area contributed by atoms with Crippen molar-refractivity contribution in [1.82, 2.24) is 9.88 Å². The average Bonchev–Trinajstić information content (AvgIpc) is 3.11. The van der Waals surface area contributed by atoms with Gasteiger partial charge in [0.1, 0.15) is 6.07 Å². The van der Waals surface area contributed by atoms with Crippen LogP contribution >= 0.6 is 0 Å². The first-order valence-corrected chi connectivity index (χ1v) is 10.1. The molecule has 1 aliphatic heterocycles. The minimum atomic E-state index is 0.399. The van der Waals surface area contributed by atoms with E-state index in [0.29, 0.717) is 17.5 Å². The van der Waals surface area contributed by atoms with Gasteiger partial charge < -0.3 is 14.2 Å². The number of rotatable bonds is 6. The van der Waals surface area contributed by atoms with Gasteiger partial charge in [-0.25, -0.2) is 4.98 Å². The van der Waals surface area contributed by atoms with Gasteiger partial charge in [-0.15, -0.1) is 0 Å². The van der Waals surface area contributed by atoms with Crippen LogP contribution in [0.15, 0.2) is 4.42 Å². The first-order valence-electron chi connectivity index (χ1n) is 10.1. The van der Waals surface area contributed by atoms with Gasteiger partial charge in [-0.1, -0.05) is 33.1 Å². The fourth-order valence-corrected chi connectivity index (χ4v) is 4.25. The van der Waals surface area contributed by atoms with Gasteiger partial charge >= 0.3 is 0 Å². The van der Waals surface area contributed by atoms with Crippen LogP contribution in [-0.4, -0.2) is 42.6 Å². The van der Waals surface area contributed by atoms with Crippen LogP contribution in [0.25, 0.3) is 0 Å². The Kier molecular flexibility index (Phi) is 6.36. The molecule has 0 amide bonds. The molecule has 2 fully saturated rings. The zero-order valence-corrected chi connectivity index (χ0v) is 15.8. The molecule has 0 radical (unpaired) electrons. The standard InChI is InChI=1S/C20H32N4O/c1-3-5-6-16-7-9-17(10-8-16)19-22-18(15-21)20(25-19)24-13-11-23(4-2)12-14-24/h16-17H,3-14H2,1-2H3. The van der Waals surface area contributed by atoms with E-state index in [4.69, 9.17) is 4.42 Å². The van der Waals surface area contributed by atoms with Gasteiger partial charge in [0.15, 0.2) is 0 Å². The number of aromatic nitrogens is 1. The van der Waals surface area contributed by atoms with Crippen molar-refractivity contribution in [3.8, 4) is 6.07 Å². The number of nitrogens with zero attached hydrogens (tertiary/aromatic N) is 4. The number of likely N-dealkylation sites (N-methyl/N-ethyl adjacent to an activating group) is 1. The molecule has 0 N–H and O–H groups in total. The third kappa shape index (κ3) is 4.36. The first kappa shape index (κ1) is 18.3. The molecule has 2 aliphatic rings. The largest absolute Gasteiger partial charge is 0.423 e. The van der Waals surface area contributed by atoms with E-state index in [1.54, 1.807) is 0 Å². The first-order chi connectivity index (χ1) is 12.2. The second-order valence-corrected chi connectivity index (χ2v) is 7.60. The Bertz CT molecular complexity index is 575. The molecule has 1 saturated heterocycles. The van der Waals surface area contributed by atoms with Crippen LogP contribution in [0.5, 0.6) is 0 Å². The summed E-state index contributed by atoms with van der Waals surface area (Å²) in [4.78, 5) is 9.20. The van der Waals surface area contributed by atoms with Crippen molar-refractivity contribution < 1.29 is 4.42 Å². The molecule has 1 saturated carbocycles. The lowest BCUT2D eigenvalue weighted by atomic mass is 9.80. The van der Waals surface area contributed by atoms with Gasteiger partial charge in [-0.05, 0) is 38.1 Å². The van der Waals surface area contributed by atoms with Gasteiger partial charge in [0.2, 0.25) is 17.5 Å². The van der Waals surface area contributed by atoms with Crippen LogP contribution < -0.4 is 4.90 Å². The van der Waals surface area contributed by atoms with Gasteiger partial charge in [-0.2, -0.15) is 5.26 Å². The van der Waals surface area contributed by atoms with E-state index in [9.17, 15) is 5.26 Å². The van der Waals surface area contributed by atoms with Crippen molar-refractivity contribution in [2.24, 2.45) is 5.92 Å². The molecule has 1 aliphatic carbocycles. The molecule has 0 unspecified atom stereocenters. The molecule has 5 heteroatoms. The van der Waals surface area contributed by atoms with Crippen LogP contribution in [-0.2, 0) is 0 Å². The van der Waals surface area contributed by atoms with Crippen molar-refractivity contribution in [3.63, 3.8) is 0 Å². The number of oxazole rings is 1. The summed E-state index contributed by atoms with van der Waals surface area (Å²) in [5.74, 6) is 2.79. The molecular weight excluding hydrogens is 312 g/mol. The van der Waals surface area contributed by atoms with Gasteiger partial charge in [0.05, 0.1) is 0 Å². The normalized spacial score (nSPS) is 25.1. The van der Waals surface area contributed by atoms with Crippen molar-refractivity contribution >= 4 is 5.88 Å². The topological polar surface area (TPSA) is 56.3 Å². The minimum Gasteiger partial charge on any atom is -0.423 e. The predicted octanol–water partition coefficient (Wildman–Crippen LogP) is 4.15. The summed E-state index contributed by atoms with van der Waals surface area (Å²) in [7, 11) is 0. The summed E-state index contributed by atoms with van der Waals surface area (Å²) < 4.78 is 6.14. The Hall–Kier alpha value is -1.54. The third-order valence-corrected chi connectivity index (χ3v) is 6.00. The number of hydrogen-bond acceptors (Lipinski definition) is 5. The van der Waals surface area contributed by atoms with E-state index in [-0.39, 0.29) is 0 Å². The summed E-state index contributed by atoms with van der Waals surface area (Å²) in [6.07, 6.45) is 8.87. The third-order valence-electron chi connectivity index (χ3n) is 6.00. The van der Waals surface area contributed by atoms with Crippen molar-refractivity contribution in [3.05, 3.63) is 11.6 Å². The van der Waals surface area contributed by atoms with E-state index in [1.807, 2.05) is 0 Å². The summed E-state index contributed by atoms with van der Waals surface area (Å²) in [5.41, 5.74) is 0.480. The minimum absolute atomic E-state index is 0.399. The van der Waals surface area contributed by atoms with Crippen LogP contribution in [0.2, 0.25) is 0 Å². The van der Waals surface area contributed by atoms with Crippen LogP contribution in [0.3, 0.4) is 0 Å².